The predicted molar refractivity (Wildman–Crippen MR) is 118 cm³/mol. The largest absolute Gasteiger partial charge is 0.345 e. The summed E-state index contributed by atoms with van der Waals surface area (Å²) < 4.78 is 1.71. The molecule has 0 radical (unpaired) electrons. The summed E-state index contributed by atoms with van der Waals surface area (Å²) >= 11 is 1.50. The van der Waals surface area contributed by atoms with E-state index in [9.17, 15) is 4.79 Å². The Morgan fingerprint density at radius 3 is 2.71 bits per heavy atom. The highest BCUT2D eigenvalue weighted by Crippen LogP contribution is 2.32. The Bertz CT molecular complexity index is 1250. The molecular formula is C21H20N8OS. The van der Waals surface area contributed by atoms with E-state index in [1.54, 1.807) is 22.0 Å². The second-order valence-electron chi connectivity index (χ2n) is 7.38. The number of nitrogens with zero attached hydrogens (tertiary/aromatic N) is 7. The van der Waals surface area contributed by atoms with Gasteiger partial charge in [-0.2, -0.15) is 5.10 Å². The molecule has 1 atom stereocenters. The molecule has 1 amide bonds. The maximum absolute atomic E-state index is 12.4. The standard InChI is InChI=1S/C21H20N8OS/c1-28-9-5-14(20(28)30)13-3-7-22-16(11-13)19-24-17(12-31-19)15-4-8-23-21(25-15)26-18-6-10-29(2)27-18/h3-4,6-8,10-12,14H,5,9H2,1-2H3,(H,23,25,26,27). The molecule has 0 saturated carbocycles. The van der Waals surface area contributed by atoms with Crippen molar-refractivity contribution in [1.82, 2.24) is 34.6 Å². The molecule has 0 spiro atoms. The Balaban J connectivity index is 1.39. The lowest BCUT2D eigenvalue weighted by atomic mass is 9.98. The molecule has 0 bridgehead atoms. The first kappa shape index (κ1) is 19.3. The first-order valence-electron chi connectivity index (χ1n) is 9.84. The van der Waals surface area contributed by atoms with Crippen molar-refractivity contribution in [2.24, 2.45) is 7.05 Å². The van der Waals surface area contributed by atoms with Gasteiger partial charge in [0.25, 0.3) is 0 Å². The number of hydrogen-bond donors (Lipinski definition) is 1. The smallest absolute Gasteiger partial charge is 0.229 e. The van der Waals surface area contributed by atoms with Gasteiger partial charge in [0.05, 0.1) is 17.3 Å². The molecular weight excluding hydrogens is 412 g/mol. The summed E-state index contributed by atoms with van der Waals surface area (Å²) in [6.45, 7) is 0.783. The minimum atomic E-state index is -0.103. The molecule has 156 valence electrons. The SMILES string of the molecule is CN1CCC(c2ccnc(-c3nc(-c4ccnc(Nc5ccn(C)n5)n4)cs3)c2)C1=O. The Labute approximate surface area is 182 Å². The van der Waals surface area contributed by atoms with E-state index >= 15 is 0 Å². The van der Waals surface area contributed by atoms with Gasteiger partial charge in [0.15, 0.2) is 5.82 Å². The van der Waals surface area contributed by atoms with Gasteiger partial charge in [0.1, 0.15) is 10.7 Å². The van der Waals surface area contributed by atoms with E-state index < -0.39 is 0 Å². The number of rotatable bonds is 5. The number of aryl methyl sites for hydroxylation is 1. The van der Waals surface area contributed by atoms with E-state index in [4.69, 9.17) is 4.98 Å². The van der Waals surface area contributed by atoms with Gasteiger partial charge in [-0.05, 0) is 30.2 Å². The number of amides is 1. The molecule has 4 aromatic rings. The topological polar surface area (TPSA) is 102 Å². The van der Waals surface area contributed by atoms with Crippen LogP contribution in [0.2, 0.25) is 0 Å². The predicted octanol–water partition coefficient (Wildman–Crippen LogP) is 3.08. The first-order chi connectivity index (χ1) is 15.1. The average molecular weight is 433 g/mol. The number of anilines is 2. The van der Waals surface area contributed by atoms with Crippen molar-refractivity contribution in [3.8, 4) is 22.1 Å². The van der Waals surface area contributed by atoms with Crippen molar-refractivity contribution >= 4 is 29.0 Å². The summed E-state index contributed by atoms with van der Waals surface area (Å²) in [5.74, 6) is 1.18. The van der Waals surface area contributed by atoms with Gasteiger partial charge in [-0.3, -0.25) is 14.5 Å². The van der Waals surface area contributed by atoms with Crippen molar-refractivity contribution in [2.75, 3.05) is 18.9 Å². The number of carbonyl (C=O) groups excluding carboxylic acids is 1. The fraction of sp³-hybridized carbons (Fsp3) is 0.238. The lowest BCUT2D eigenvalue weighted by Gasteiger charge is -2.11. The zero-order valence-corrected chi connectivity index (χ0v) is 17.9. The molecule has 1 unspecified atom stereocenters. The highest BCUT2D eigenvalue weighted by atomic mass is 32.1. The van der Waals surface area contributed by atoms with Crippen LogP contribution >= 0.6 is 11.3 Å². The van der Waals surface area contributed by atoms with Crippen LogP contribution in [0.4, 0.5) is 11.8 Å². The number of thiazole rings is 1. The van der Waals surface area contributed by atoms with Crippen LogP contribution in [-0.4, -0.2) is 54.1 Å². The zero-order valence-electron chi connectivity index (χ0n) is 17.1. The monoisotopic (exact) mass is 432 g/mol. The van der Waals surface area contributed by atoms with Crippen LogP contribution in [-0.2, 0) is 11.8 Å². The number of hydrogen-bond acceptors (Lipinski definition) is 8. The molecule has 31 heavy (non-hydrogen) atoms. The second kappa shape index (κ2) is 7.88. The van der Waals surface area contributed by atoms with Crippen molar-refractivity contribution in [3.05, 3.63) is 53.8 Å². The van der Waals surface area contributed by atoms with E-state index in [-0.39, 0.29) is 11.8 Å². The van der Waals surface area contributed by atoms with Crippen LogP contribution in [0.5, 0.6) is 0 Å². The van der Waals surface area contributed by atoms with Gasteiger partial charge in [-0.25, -0.2) is 15.0 Å². The Morgan fingerprint density at radius 2 is 1.94 bits per heavy atom. The zero-order chi connectivity index (χ0) is 21.4. The molecule has 1 aliphatic heterocycles. The van der Waals surface area contributed by atoms with Crippen LogP contribution in [0.15, 0.2) is 48.2 Å². The molecule has 5 heterocycles. The molecule has 5 rings (SSSR count). The Morgan fingerprint density at radius 1 is 1.06 bits per heavy atom. The number of likely N-dealkylation sites (N-methyl/N-ethyl adjacent to an activating group) is 1. The highest BCUT2D eigenvalue weighted by molar-refractivity contribution is 7.13. The Kier molecular flexibility index (Phi) is 4.91. The Hall–Kier alpha value is -3.66. The molecule has 1 fully saturated rings. The minimum absolute atomic E-state index is 0.103. The van der Waals surface area contributed by atoms with Gasteiger partial charge >= 0.3 is 0 Å². The van der Waals surface area contributed by atoms with Crippen molar-refractivity contribution in [1.29, 1.82) is 0 Å². The molecule has 1 saturated heterocycles. The van der Waals surface area contributed by atoms with E-state index in [2.05, 4.69) is 25.4 Å². The summed E-state index contributed by atoms with van der Waals surface area (Å²) in [4.78, 5) is 32.2. The summed E-state index contributed by atoms with van der Waals surface area (Å²) in [7, 11) is 3.69. The molecule has 9 nitrogen and oxygen atoms in total. The van der Waals surface area contributed by atoms with Crippen LogP contribution in [0.1, 0.15) is 17.9 Å². The van der Waals surface area contributed by atoms with Crippen LogP contribution in [0.3, 0.4) is 0 Å². The fourth-order valence-corrected chi connectivity index (χ4v) is 4.36. The van der Waals surface area contributed by atoms with Crippen LogP contribution < -0.4 is 5.32 Å². The number of aromatic nitrogens is 6. The van der Waals surface area contributed by atoms with Gasteiger partial charge in [-0.15, -0.1) is 11.3 Å². The van der Waals surface area contributed by atoms with Gasteiger partial charge in [0, 0.05) is 50.7 Å². The number of pyridine rings is 1. The number of likely N-dealkylation sites (tertiary alicyclic amines) is 1. The van der Waals surface area contributed by atoms with Gasteiger partial charge in [0.2, 0.25) is 11.9 Å². The lowest BCUT2D eigenvalue weighted by Crippen LogP contribution is -2.21. The minimum Gasteiger partial charge on any atom is -0.345 e. The summed E-state index contributed by atoms with van der Waals surface area (Å²) in [6.07, 6.45) is 6.11. The van der Waals surface area contributed by atoms with E-state index in [0.717, 1.165) is 34.9 Å². The van der Waals surface area contributed by atoms with E-state index in [1.807, 2.05) is 49.9 Å². The molecule has 0 aliphatic carbocycles. The third-order valence-electron chi connectivity index (χ3n) is 5.21. The third-order valence-corrected chi connectivity index (χ3v) is 6.07. The van der Waals surface area contributed by atoms with Crippen molar-refractivity contribution in [2.45, 2.75) is 12.3 Å². The van der Waals surface area contributed by atoms with E-state index in [0.29, 0.717) is 17.5 Å². The summed E-state index contributed by atoms with van der Waals surface area (Å²) in [5.41, 5.74) is 3.20. The maximum atomic E-state index is 12.4. The second-order valence-corrected chi connectivity index (χ2v) is 8.24. The highest BCUT2D eigenvalue weighted by Gasteiger charge is 2.30. The molecule has 0 aromatic carbocycles. The van der Waals surface area contributed by atoms with Gasteiger partial charge < -0.3 is 10.2 Å². The van der Waals surface area contributed by atoms with Gasteiger partial charge in [-0.1, -0.05) is 0 Å². The lowest BCUT2D eigenvalue weighted by molar-refractivity contribution is -0.127. The summed E-state index contributed by atoms with van der Waals surface area (Å²) in [5, 5.41) is 10.1. The molecule has 1 N–H and O–H groups in total. The third kappa shape index (κ3) is 3.89. The molecule has 10 heteroatoms. The quantitative estimate of drug-likeness (QED) is 0.517. The van der Waals surface area contributed by atoms with E-state index in [1.165, 1.54) is 11.3 Å². The maximum Gasteiger partial charge on any atom is 0.229 e. The van der Waals surface area contributed by atoms with Crippen molar-refractivity contribution < 1.29 is 4.79 Å². The fourth-order valence-electron chi connectivity index (χ4n) is 3.58. The number of carbonyl (C=O) groups is 1. The average Bonchev–Trinajstić information content (AvgIpc) is 3.50. The molecule has 4 aromatic heterocycles. The molecule has 1 aliphatic rings. The first-order valence-corrected chi connectivity index (χ1v) is 10.7. The van der Waals surface area contributed by atoms with Crippen molar-refractivity contribution in [3.63, 3.8) is 0 Å². The summed E-state index contributed by atoms with van der Waals surface area (Å²) in [6, 6.07) is 7.56. The number of nitrogens with one attached hydrogen (secondary N) is 1. The van der Waals surface area contributed by atoms with Crippen LogP contribution in [0, 0.1) is 0 Å². The van der Waals surface area contributed by atoms with Crippen LogP contribution in [0.25, 0.3) is 22.1 Å². The normalized spacial score (nSPS) is 16.1.